The molecule has 5 rings (SSSR count). The Bertz CT molecular complexity index is 1200. The number of carbonyl (C=O) groups is 1. The lowest BCUT2D eigenvalue weighted by molar-refractivity contribution is -0.152. The van der Waals surface area contributed by atoms with Gasteiger partial charge in [0, 0.05) is 24.7 Å². The molecule has 0 spiro atoms. The minimum Gasteiger partial charge on any atom is -0.374 e. The molecule has 2 bridgehead atoms. The van der Waals surface area contributed by atoms with Crippen molar-refractivity contribution in [1.82, 2.24) is 9.55 Å². The summed E-state index contributed by atoms with van der Waals surface area (Å²) >= 11 is 0. The van der Waals surface area contributed by atoms with Crippen molar-refractivity contribution in [2.75, 3.05) is 29.5 Å². The molecule has 0 N–H and O–H groups in total. The average molecular weight is 459 g/mol. The van der Waals surface area contributed by atoms with Gasteiger partial charge >= 0.3 is 6.18 Å². The monoisotopic (exact) mass is 459 g/mol. The molecule has 4 heterocycles. The van der Waals surface area contributed by atoms with Crippen LogP contribution in [0.4, 0.5) is 24.9 Å². The Morgan fingerprint density at radius 3 is 2.79 bits per heavy atom. The largest absolute Gasteiger partial charge is 0.408 e. The number of fused-ring (bicyclic) bond motifs is 3. The molecule has 2 fully saturated rings. The van der Waals surface area contributed by atoms with Crippen LogP contribution in [0.2, 0.25) is 0 Å². The number of rotatable bonds is 4. The zero-order valence-electron chi connectivity index (χ0n) is 17.5. The molecule has 0 saturated carbocycles. The van der Waals surface area contributed by atoms with Crippen molar-refractivity contribution in [3.63, 3.8) is 0 Å². The quantitative estimate of drug-likeness (QED) is 0.647. The van der Waals surface area contributed by atoms with Gasteiger partial charge in [0.05, 0.1) is 36.9 Å². The summed E-state index contributed by atoms with van der Waals surface area (Å²) in [6.07, 6.45) is -4.19. The van der Waals surface area contributed by atoms with E-state index in [0.717, 1.165) is 11.3 Å². The minimum absolute atomic E-state index is 0.0172. The van der Waals surface area contributed by atoms with E-state index in [2.05, 4.69) is 4.98 Å². The van der Waals surface area contributed by atoms with E-state index in [1.54, 1.807) is 0 Å². The number of ketones is 1. The summed E-state index contributed by atoms with van der Waals surface area (Å²) in [6, 6.07) is 7.12. The Balaban J connectivity index is 1.54. The number of alkyl halides is 3. The SMILES string of the molecule is N#Cc1cccc(C(=O)CN2c3nc(N4CC5CC4CO5)cc(=O)n3CCC2C(F)(F)F)c1. The Labute approximate surface area is 186 Å². The van der Waals surface area contributed by atoms with Crippen LogP contribution in [0.25, 0.3) is 0 Å². The van der Waals surface area contributed by atoms with Crippen molar-refractivity contribution >= 4 is 17.5 Å². The molecule has 3 aliphatic heterocycles. The van der Waals surface area contributed by atoms with Crippen LogP contribution in [0.1, 0.15) is 28.8 Å². The smallest absolute Gasteiger partial charge is 0.374 e. The van der Waals surface area contributed by atoms with Gasteiger partial charge < -0.3 is 14.5 Å². The number of ether oxygens (including phenoxy) is 1. The van der Waals surface area contributed by atoms with Gasteiger partial charge in [0.15, 0.2) is 5.78 Å². The summed E-state index contributed by atoms with van der Waals surface area (Å²) in [6.45, 7) is 0.232. The third-order valence-electron chi connectivity index (χ3n) is 6.43. The van der Waals surface area contributed by atoms with Crippen molar-refractivity contribution in [3.8, 4) is 6.07 Å². The van der Waals surface area contributed by atoms with Crippen molar-refractivity contribution in [2.45, 2.75) is 43.8 Å². The first kappa shape index (κ1) is 21.5. The normalized spacial score (nSPS) is 24.0. The predicted molar refractivity (Wildman–Crippen MR) is 111 cm³/mol. The molecule has 0 aliphatic carbocycles. The van der Waals surface area contributed by atoms with E-state index in [1.165, 1.54) is 34.9 Å². The number of morpholine rings is 1. The lowest BCUT2D eigenvalue weighted by Crippen LogP contribution is -2.54. The van der Waals surface area contributed by atoms with Crippen LogP contribution in [-0.2, 0) is 11.3 Å². The standard InChI is InChI=1S/C22H20F3N5O3/c23-22(24,25)18-4-5-28-20(32)8-19(29-10-16-7-15(29)12-33-16)27-21(28)30(18)11-17(31)14-3-1-2-13(6-14)9-26/h1-3,6,8,15-16,18H,4-5,7,10-12H2. The summed E-state index contributed by atoms with van der Waals surface area (Å²) in [4.78, 5) is 33.0. The molecular weight excluding hydrogens is 439 g/mol. The topological polar surface area (TPSA) is 91.5 Å². The zero-order valence-corrected chi connectivity index (χ0v) is 17.5. The van der Waals surface area contributed by atoms with Crippen LogP contribution in [0.5, 0.6) is 0 Å². The van der Waals surface area contributed by atoms with E-state index in [9.17, 15) is 22.8 Å². The molecular formula is C22H20F3N5O3. The number of hydrogen-bond donors (Lipinski definition) is 0. The molecule has 2 aromatic rings. The second-order valence-corrected chi connectivity index (χ2v) is 8.49. The van der Waals surface area contributed by atoms with Gasteiger partial charge in [-0.3, -0.25) is 14.2 Å². The van der Waals surface area contributed by atoms with Crippen LogP contribution < -0.4 is 15.4 Å². The Morgan fingerprint density at radius 1 is 1.30 bits per heavy atom. The number of Topliss-reactive ketones (excluding diaryl/α,β-unsaturated/α-hetero) is 1. The van der Waals surface area contributed by atoms with Crippen LogP contribution in [0.15, 0.2) is 35.1 Å². The fraction of sp³-hybridized carbons (Fsp3) is 0.455. The van der Waals surface area contributed by atoms with E-state index in [0.29, 0.717) is 19.0 Å². The molecule has 3 aliphatic rings. The zero-order chi connectivity index (χ0) is 23.3. The van der Waals surface area contributed by atoms with Gasteiger partial charge in [-0.15, -0.1) is 0 Å². The van der Waals surface area contributed by atoms with Crippen molar-refractivity contribution < 1.29 is 22.7 Å². The number of halogens is 3. The van der Waals surface area contributed by atoms with Crippen LogP contribution in [0, 0.1) is 11.3 Å². The highest BCUT2D eigenvalue weighted by atomic mass is 19.4. The van der Waals surface area contributed by atoms with Crippen LogP contribution in [-0.4, -0.2) is 59.4 Å². The molecule has 3 atom stereocenters. The predicted octanol–water partition coefficient (Wildman–Crippen LogP) is 2.12. The van der Waals surface area contributed by atoms with Gasteiger partial charge in [-0.1, -0.05) is 12.1 Å². The number of nitrogens with zero attached hydrogens (tertiary/aromatic N) is 5. The molecule has 0 radical (unpaired) electrons. The van der Waals surface area contributed by atoms with Gasteiger partial charge in [0.2, 0.25) is 5.95 Å². The van der Waals surface area contributed by atoms with E-state index < -0.39 is 30.1 Å². The maximum absolute atomic E-state index is 13.9. The lowest BCUT2D eigenvalue weighted by Gasteiger charge is -2.39. The maximum atomic E-state index is 13.9. The first-order chi connectivity index (χ1) is 15.7. The number of benzene rings is 1. The maximum Gasteiger partial charge on any atom is 0.408 e. The van der Waals surface area contributed by atoms with E-state index in [4.69, 9.17) is 10.00 Å². The van der Waals surface area contributed by atoms with Gasteiger partial charge in [-0.2, -0.15) is 23.4 Å². The van der Waals surface area contributed by atoms with E-state index >= 15 is 0 Å². The van der Waals surface area contributed by atoms with Gasteiger partial charge in [-0.05, 0) is 25.0 Å². The fourth-order valence-electron chi connectivity index (χ4n) is 4.81. The first-order valence-corrected chi connectivity index (χ1v) is 10.6. The van der Waals surface area contributed by atoms with E-state index in [-0.39, 0.29) is 42.2 Å². The highest BCUT2D eigenvalue weighted by Crippen LogP contribution is 2.36. The lowest BCUT2D eigenvalue weighted by atomic mass is 10.0. The van der Waals surface area contributed by atoms with Crippen molar-refractivity contribution in [3.05, 3.63) is 51.8 Å². The van der Waals surface area contributed by atoms with E-state index in [1.807, 2.05) is 11.0 Å². The number of nitriles is 1. The molecule has 1 aromatic heterocycles. The van der Waals surface area contributed by atoms with Gasteiger partial charge in [0.25, 0.3) is 5.56 Å². The third kappa shape index (κ3) is 3.84. The molecule has 11 heteroatoms. The van der Waals surface area contributed by atoms with Crippen molar-refractivity contribution in [2.24, 2.45) is 0 Å². The number of anilines is 2. The fourth-order valence-corrected chi connectivity index (χ4v) is 4.81. The molecule has 172 valence electrons. The molecule has 2 saturated heterocycles. The number of carbonyl (C=O) groups excluding carboxylic acids is 1. The molecule has 0 amide bonds. The average Bonchev–Trinajstić information content (AvgIpc) is 3.42. The molecule has 3 unspecified atom stereocenters. The highest BCUT2D eigenvalue weighted by Gasteiger charge is 2.48. The summed E-state index contributed by atoms with van der Waals surface area (Å²) < 4.78 is 48.6. The Hall–Kier alpha value is -3.39. The summed E-state index contributed by atoms with van der Waals surface area (Å²) in [5.41, 5.74) is -0.0990. The summed E-state index contributed by atoms with van der Waals surface area (Å²) in [5.74, 6) is -0.462. The molecule has 33 heavy (non-hydrogen) atoms. The van der Waals surface area contributed by atoms with Crippen molar-refractivity contribution in [1.29, 1.82) is 5.26 Å². The summed E-state index contributed by atoms with van der Waals surface area (Å²) in [7, 11) is 0. The Kier molecular flexibility index (Phi) is 5.12. The van der Waals surface area contributed by atoms with Crippen LogP contribution in [0.3, 0.4) is 0 Å². The van der Waals surface area contributed by atoms with Crippen LogP contribution >= 0.6 is 0 Å². The number of hydrogen-bond acceptors (Lipinski definition) is 7. The highest BCUT2D eigenvalue weighted by molar-refractivity contribution is 5.99. The minimum atomic E-state index is -4.62. The first-order valence-electron chi connectivity index (χ1n) is 10.6. The van der Waals surface area contributed by atoms with Gasteiger partial charge in [-0.25, -0.2) is 0 Å². The third-order valence-corrected chi connectivity index (χ3v) is 6.43. The second-order valence-electron chi connectivity index (χ2n) is 8.49. The Morgan fingerprint density at radius 2 is 2.12 bits per heavy atom. The molecule has 1 aromatic carbocycles. The molecule has 8 nitrogen and oxygen atoms in total. The van der Waals surface area contributed by atoms with Gasteiger partial charge in [0.1, 0.15) is 11.9 Å². The second kappa shape index (κ2) is 7.88. The number of aromatic nitrogens is 2. The summed E-state index contributed by atoms with van der Waals surface area (Å²) in [5, 5.41) is 9.07.